The Morgan fingerprint density at radius 2 is 1.89 bits per heavy atom. The van der Waals surface area contributed by atoms with Crippen LogP contribution >= 0.6 is 38.9 Å². The molecule has 1 heterocycles. The molecule has 0 fully saturated rings. The minimum atomic E-state index is -1.23. The molecular weight excluding hydrogens is 346 g/mol. The Kier molecular flexibility index (Phi) is 4.37. The van der Waals surface area contributed by atoms with E-state index in [9.17, 15) is 13.9 Å². The second kappa shape index (κ2) is 5.65. The highest BCUT2D eigenvalue weighted by molar-refractivity contribution is 9.10. The molecule has 0 aliphatic heterocycles. The summed E-state index contributed by atoms with van der Waals surface area (Å²) in [6, 6.07) is 5.67. The quantitative estimate of drug-likeness (QED) is 0.846. The van der Waals surface area contributed by atoms with Crippen LogP contribution in [-0.4, -0.2) is 5.11 Å². The lowest BCUT2D eigenvalue weighted by Crippen LogP contribution is -2.06. The van der Waals surface area contributed by atoms with E-state index in [1.54, 1.807) is 12.1 Å². The molecule has 0 spiro atoms. The summed E-state index contributed by atoms with van der Waals surface area (Å²) in [6.45, 7) is 0. The standard InChI is InChI=1S/C12H8BrClF2OS/c13-6-3-8(15)12(9(16)4-6)10(17)5-7-1-2-11(14)18-7/h1-4,10,17H,5H2. The molecule has 1 aromatic carbocycles. The third-order valence-electron chi connectivity index (χ3n) is 2.40. The summed E-state index contributed by atoms with van der Waals surface area (Å²) >= 11 is 10.0. The predicted molar refractivity (Wildman–Crippen MR) is 72.1 cm³/mol. The molecule has 6 heteroatoms. The first kappa shape index (κ1) is 13.9. The largest absolute Gasteiger partial charge is 0.388 e. The molecule has 18 heavy (non-hydrogen) atoms. The molecule has 1 aromatic heterocycles. The zero-order valence-corrected chi connectivity index (χ0v) is 12.1. The minimum absolute atomic E-state index is 0.132. The summed E-state index contributed by atoms with van der Waals surface area (Å²) in [7, 11) is 0. The van der Waals surface area contributed by atoms with Crippen LogP contribution in [0.25, 0.3) is 0 Å². The molecule has 1 N–H and O–H groups in total. The first-order chi connectivity index (χ1) is 8.47. The fraction of sp³-hybridized carbons (Fsp3) is 0.167. The van der Waals surface area contributed by atoms with Gasteiger partial charge in [0.2, 0.25) is 0 Å². The molecule has 1 atom stereocenters. The van der Waals surface area contributed by atoms with Gasteiger partial charge >= 0.3 is 0 Å². The Morgan fingerprint density at radius 3 is 2.39 bits per heavy atom. The maximum atomic E-state index is 13.6. The molecule has 1 nitrogen and oxygen atoms in total. The van der Waals surface area contributed by atoms with Crippen molar-refractivity contribution < 1.29 is 13.9 Å². The minimum Gasteiger partial charge on any atom is -0.388 e. The van der Waals surface area contributed by atoms with E-state index in [4.69, 9.17) is 11.6 Å². The molecule has 0 aliphatic carbocycles. The van der Waals surface area contributed by atoms with Crippen LogP contribution in [0.2, 0.25) is 4.34 Å². The number of thiophene rings is 1. The average molecular weight is 354 g/mol. The van der Waals surface area contributed by atoms with Gasteiger partial charge in [0.1, 0.15) is 11.6 Å². The molecule has 2 rings (SSSR count). The molecule has 0 bridgehead atoms. The Balaban J connectivity index is 2.26. The van der Waals surface area contributed by atoms with Crippen LogP contribution in [-0.2, 0) is 6.42 Å². The van der Waals surface area contributed by atoms with Gasteiger partial charge in [-0.15, -0.1) is 11.3 Å². The number of halogens is 4. The van der Waals surface area contributed by atoms with Crippen LogP contribution in [0.4, 0.5) is 8.78 Å². The zero-order chi connectivity index (χ0) is 13.3. The maximum Gasteiger partial charge on any atom is 0.133 e. The van der Waals surface area contributed by atoms with E-state index >= 15 is 0 Å². The van der Waals surface area contributed by atoms with Crippen LogP contribution < -0.4 is 0 Å². The van der Waals surface area contributed by atoms with Crippen molar-refractivity contribution in [3.05, 3.63) is 55.1 Å². The van der Waals surface area contributed by atoms with Crippen molar-refractivity contribution in [2.75, 3.05) is 0 Å². The van der Waals surface area contributed by atoms with Gasteiger partial charge in [0.15, 0.2) is 0 Å². The van der Waals surface area contributed by atoms with E-state index in [2.05, 4.69) is 15.9 Å². The lowest BCUT2D eigenvalue weighted by atomic mass is 10.0. The Morgan fingerprint density at radius 1 is 1.28 bits per heavy atom. The van der Waals surface area contributed by atoms with Crippen molar-refractivity contribution in [3.63, 3.8) is 0 Å². The summed E-state index contributed by atoms with van der Waals surface area (Å²) in [5, 5.41) is 9.90. The van der Waals surface area contributed by atoms with E-state index < -0.39 is 17.7 Å². The van der Waals surface area contributed by atoms with Crippen molar-refractivity contribution in [1.82, 2.24) is 0 Å². The van der Waals surface area contributed by atoms with Crippen molar-refractivity contribution in [1.29, 1.82) is 0 Å². The van der Waals surface area contributed by atoms with Crippen molar-refractivity contribution in [2.24, 2.45) is 0 Å². The number of aliphatic hydroxyl groups excluding tert-OH is 1. The first-order valence-electron chi connectivity index (χ1n) is 5.04. The van der Waals surface area contributed by atoms with E-state index in [1.807, 2.05) is 0 Å². The first-order valence-corrected chi connectivity index (χ1v) is 7.03. The summed E-state index contributed by atoms with van der Waals surface area (Å²) in [5.41, 5.74) is -0.317. The lowest BCUT2D eigenvalue weighted by molar-refractivity contribution is 0.169. The van der Waals surface area contributed by atoms with Gasteiger partial charge < -0.3 is 5.11 Å². The normalized spacial score (nSPS) is 12.7. The molecule has 0 aliphatic rings. The predicted octanol–water partition coefficient (Wildman–Crippen LogP) is 4.72. The maximum absolute atomic E-state index is 13.6. The Hall–Kier alpha value is -0.490. The van der Waals surface area contributed by atoms with Gasteiger partial charge in [-0.2, -0.15) is 0 Å². The molecule has 0 amide bonds. The number of hydrogen-bond acceptors (Lipinski definition) is 2. The van der Waals surface area contributed by atoms with Gasteiger partial charge in [-0.3, -0.25) is 0 Å². The molecule has 96 valence electrons. The second-order valence-electron chi connectivity index (χ2n) is 3.71. The summed E-state index contributed by atoms with van der Waals surface area (Å²) in [4.78, 5) is 0.772. The Labute approximate surface area is 120 Å². The molecule has 2 aromatic rings. The highest BCUT2D eigenvalue weighted by Crippen LogP contribution is 2.30. The molecule has 0 saturated heterocycles. The van der Waals surface area contributed by atoms with Gasteiger partial charge in [-0.25, -0.2) is 8.78 Å². The number of aliphatic hydroxyl groups is 1. The lowest BCUT2D eigenvalue weighted by Gasteiger charge is -2.12. The summed E-state index contributed by atoms with van der Waals surface area (Å²) < 4.78 is 28.1. The average Bonchev–Trinajstić information content (AvgIpc) is 2.62. The van der Waals surface area contributed by atoms with Crippen molar-refractivity contribution >= 4 is 38.9 Å². The van der Waals surface area contributed by atoms with Crippen LogP contribution in [0, 0.1) is 11.6 Å². The highest BCUT2D eigenvalue weighted by atomic mass is 79.9. The number of rotatable bonds is 3. The smallest absolute Gasteiger partial charge is 0.133 e. The van der Waals surface area contributed by atoms with E-state index in [0.29, 0.717) is 8.81 Å². The fourth-order valence-electron chi connectivity index (χ4n) is 1.63. The monoisotopic (exact) mass is 352 g/mol. The summed E-state index contributed by atoms with van der Waals surface area (Å²) in [6.07, 6.45) is -1.10. The third kappa shape index (κ3) is 3.09. The van der Waals surface area contributed by atoms with Gasteiger partial charge in [0, 0.05) is 15.8 Å². The van der Waals surface area contributed by atoms with Gasteiger partial charge in [0.25, 0.3) is 0 Å². The van der Waals surface area contributed by atoms with Crippen LogP contribution in [0.3, 0.4) is 0 Å². The number of hydrogen-bond donors (Lipinski definition) is 1. The summed E-state index contributed by atoms with van der Waals surface area (Å²) in [5.74, 6) is -1.53. The van der Waals surface area contributed by atoms with Gasteiger partial charge in [-0.05, 0) is 24.3 Å². The second-order valence-corrected chi connectivity index (χ2v) is 6.42. The molecule has 0 radical (unpaired) electrons. The van der Waals surface area contributed by atoms with E-state index in [1.165, 1.54) is 11.3 Å². The Bertz CT molecular complexity index is 550. The number of benzene rings is 1. The van der Waals surface area contributed by atoms with Crippen molar-refractivity contribution in [3.8, 4) is 0 Å². The van der Waals surface area contributed by atoms with Crippen molar-refractivity contribution in [2.45, 2.75) is 12.5 Å². The van der Waals surface area contributed by atoms with Crippen LogP contribution in [0.1, 0.15) is 16.5 Å². The third-order valence-corrected chi connectivity index (χ3v) is 4.11. The molecule has 0 saturated carbocycles. The van der Waals surface area contributed by atoms with Crippen LogP contribution in [0.5, 0.6) is 0 Å². The molecular formula is C12H8BrClF2OS. The van der Waals surface area contributed by atoms with E-state index in [-0.39, 0.29) is 12.0 Å². The molecule has 1 unspecified atom stereocenters. The zero-order valence-electron chi connectivity index (χ0n) is 8.96. The van der Waals surface area contributed by atoms with E-state index in [0.717, 1.165) is 17.0 Å². The SMILES string of the molecule is OC(Cc1ccc(Cl)s1)c1c(F)cc(Br)cc1F. The van der Waals surface area contributed by atoms with Gasteiger partial charge in [0.05, 0.1) is 16.0 Å². The highest BCUT2D eigenvalue weighted by Gasteiger charge is 2.19. The van der Waals surface area contributed by atoms with Crippen LogP contribution in [0.15, 0.2) is 28.7 Å². The fourth-order valence-corrected chi connectivity index (χ4v) is 3.15. The topological polar surface area (TPSA) is 20.2 Å². The van der Waals surface area contributed by atoms with Gasteiger partial charge in [-0.1, -0.05) is 27.5 Å².